The van der Waals surface area contributed by atoms with Crippen LogP contribution in [0.1, 0.15) is 54.4 Å². The van der Waals surface area contributed by atoms with Crippen LogP contribution in [0.25, 0.3) is 0 Å². The average Bonchev–Trinajstić information content (AvgIpc) is 2.39. The third-order valence-electron chi connectivity index (χ3n) is 4.52. The van der Waals surface area contributed by atoms with Crippen LogP contribution in [-0.2, 0) is 14.3 Å². The molecule has 0 aromatic heterocycles. The summed E-state index contributed by atoms with van der Waals surface area (Å²) in [5, 5.41) is 9.34. The summed E-state index contributed by atoms with van der Waals surface area (Å²) in [5.41, 5.74) is -1.85. The molecule has 148 valence electrons. The molecule has 0 saturated carbocycles. The molecule has 1 spiro atoms. The number of amides is 2. The largest absolute Gasteiger partial charge is 0.481 e. The number of ether oxygens (including phenoxy) is 2. The van der Waals surface area contributed by atoms with Gasteiger partial charge in [-0.2, -0.15) is 0 Å². The summed E-state index contributed by atoms with van der Waals surface area (Å²) >= 11 is 0. The molecule has 0 aromatic carbocycles. The Kier molecular flexibility index (Phi) is 5.18. The molecule has 2 aliphatic heterocycles. The lowest BCUT2D eigenvalue weighted by molar-refractivity contribution is -0.148. The lowest BCUT2D eigenvalue weighted by atomic mass is 9.77. The van der Waals surface area contributed by atoms with Gasteiger partial charge in [-0.15, -0.1) is 0 Å². The van der Waals surface area contributed by atoms with Gasteiger partial charge in [-0.25, -0.2) is 9.59 Å². The topological polar surface area (TPSA) is 96.4 Å². The van der Waals surface area contributed by atoms with E-state index in [0.29, 0.717) is 25.9 Å². The predicted octanol–water partition coefficient (Wildman–Crippen LogP) is 2.71. The maximum Gasteiger partial charge on any atom is 0.410 e. The number of carbonyl (C=O) groups is 3. The van der Waals surface area contributed by atoms with Gasteiger partial charge in [0.15, 0.2) is 0 Å². The fourth-order valence-electron chi connectivity index (χ4n) is 3.32. The van der Waals surface area contributed by atoms with Crippen LogP contribution in [0.4, 0.5) is 9.59 Å². The van der Waals surface area contributed by atoms with Gasteiger partial charge in [0.2, 0.25) is 0 Å². The van der Waals surface area contributed by atoms with E-state index in [2.05, 4.69) is 0 Å². The van der Waals surface area contributed by atoms with E-state index in [1.807, 2.05) is 0 Å². The zero-order valence-corrected chi connectivity index (χ0v) is 16.5. The molecular weight excluding hydrogens is 340 g/mol. The number of carboxylic acid groups (broad SMARTS) is 1. The van der Waals surface area contributed by atoms with Crippen LogP contribution in [0.3, 0.4) is 0 Å². The summed E-state index contributed by atoms with van der Waals surface area (Å²) in [6.45, 7) is 11.4. The summed E-state index contributed by atoms with van der Waals surface area (Å²) in [6.07, 6.45) is 0.0270. The summed E-state index contributed by atoms with van der Waals surface area (Å²) in [4.78, 5) is 39.3. The first-order valence-corrected chi connectivity index (χ1v) is 8.94. The van der Waals surface area contributed by atoms with Crippen molar-refractivity contribution in [3.05, 3.63) is 0 Å². The first-order chi connectivity index (χ1) is 11.7. The first kappa shape index (κ1) is 20.3. The molecule has 0 aliphatic carbocycles. The van der Waals surface area contributed by atoms with Crippen molar-refractivity contribution in [2.24, 2.45) is 5.92 Å². The highest BCUT2D eigenvalue weighted by Crippen LogP contribution is 2.40. The molecule has 2 fully saturated rings. The van der Waals surface area contributed by atoms with E-state index in [0.717, 1.165) is 0 Å². The quantitative estimate of drug-likeness (QED) is 0.762. The maximum absolute atomic E-state index is 12.7. The fraction of sp³-hybridized carbons (Fsp3) is 0.833. The zero-order chi connectivity index (χ0) is 19.9. The smallest absolute Gasteiger partial charge is 0.410 e. The number of rotatable bonds is 1. The van der Waals surface area contributed by atoms with Crippen molar-refractivity contribution < 1.29 is 29.0 Å². The number of nitrogens with zero attached hydrogens (tertiary/aromatic N) is 2. The second-order valence-corrected chi connectivity index (χ2v) is 9.23. The number of hydrogen-bond donors (Lipinski definition) is 1. The minimum Gasteiger partial charge on any atom is -0.481 e. The summed E-state index contributed by atoms with van der Waals surface area (Å²) in [5.74, 6) is -1.54. The highest BCUT2D eigenvalue weighted by molar-refractivity contribution is 5.76. The van der Waals surface area contributed by atoms with Crippen LogP contribution < -0.4 is 0 Å². The molecule has 1 N–H and O–H groups in total. The lowest BCUT2D eigenvalue weighted by Crippen LogP contribution is -2.75. The van der Waals surface area contributed by atoms with Gasteiger partial charge < -0.3 is 19.5 Å². The van der Waals surface area contributed by atoms with E-state index in [-0.39, 0.29) is 6.54 Å². The van der Waals surface area contributed by atoms with Gasteiger partial charge in [0, 0.05) is 19.6 Å². The Labute approximate surface area is 154 Å². The summed E-state index contributed by atoms with van der Waals surface area (Å²) in [7, 11) is 0. The Bertz CT molecular complexity index is 583. The van der Waals surface area contributed by atoms with Crippen molar-refractivity contribution in [3.8, 4) is 0 Å². The monoisotopic (exact) mass is 370 g/mol. The predicted molar refractivity (Wildman–Crippen MR) is 93.8 cm³/mol. The Morgan fingerprint density at radius 3 is 1.92 bits per heavy atom. The average molecular weight is 370 g/mol. The molecule has 8 heteroatoms. The molecular formula is C18H30N2O6. The fourth-order valence-corrected chi connectivity index (χ4v) is 3.32. The molecule has 2 saturated heterocycles. The molecule has 26 heavy (non-hydrogen) atoms. The van der Waals surface area contributed by atoms with Crippen molar-refractivity contribution >= 4 is 18.2 Å². The SMILES string of the molecule is CC(C)(C)OC(=O)N1CC2(CCC(C(=O)O)CN2C(=O)OC(C)(C)C)C1. The number of aliphatic carboxylic acids is 1. The number of carbonyl (C=O) groups excluding carboxylic acids is 2. The van der Waals surface area contributed by atoms with E-state index in [4.69, 9.17) is 9.47 Å². The Hall–Kier alpha value is -1.99. The molecule has 2 amide bonds. The van der Waals surface area contributed by atoms with E-state index in [1.165, 1.54) is 4.90 Å². The van der Waals surface area contributed by atoms with Crippen LogP contribution in [0.2, 0.25) is 0 Å². The Morgan fingerprint density at radius 1 is 0.962 bits per heavy atom. The molecule has 8 nitrogen and oxygen atoms in total. The van der Waals surface area contributed by atoms with Gasteiger partial charge in [0.25, 0.3) is 0 Å². The summed E-state index contributed by atoms with van der Waals surface area (Å²) < 4.78 is 10.8. The van der Waals surface area contributed by atoms with Gasteiger partial charge in [0.05, 0.1) is 11.5 Å². The first-order valence-electron chi connectivity index (χ1n) is 8.94. The number of likely N-dealkylation sites (tertiary alicyclic amines) is 2. The van der Waals surface area contributed by atoms with E-state index in [1.54, 1.807) is 46.4 Å². The van der Waals surface area contributed by atoms with Crippen molar-refractivity contribution in [1.82, 2.24) is 9.80 Å². The molecule has 1 unspecified atom stereocenters. The molecule has 0 bridgehead atoms. The molecule has 2 aliphatic rings. The van der Waals surface area contributed by atoms with Crippen LogP contribution in [0.15, 0.2) is 0 Å². The van der Waals surface area contributed by atoms with Crippen molar-refractivity contribution in [2.75, 3.05) is 19.6 Å². The molecule has 1 atom stereocenters. The zero-order valence-electron chi connectivity index (χ0n) is 16.5. The second-order valence-electron chi connectivity index (χ2n) is 9.23. The van der Waals surface area contributed by atoms with Crippen molar-refractivity contribution in [1.29, 1.82) is 0 Å². The lowest BCUT2D eigenvalue weighted by Gasteiger charge is -2.57. The van der Waals surface area contributed by atoms with Crippen LogP contribution in [0.5, 0.6) is 0 Å². The van der Waals surface area contributed by atoms with Gasteiger partial charge >= 0.3 is 18.2 Å². The number of hydrogen-bond acceptors (Lipinski definition) is 5. The van der Waals surface area contributed by atoms with Crippen molar-refractivity contribution in [3.63, 3.8) is 0 Å². The van der Waals surface area contributed by atoms with E-state index in [9.17, 15) is 19.5 Å². The normalized spacial score (nSPS) is 22.6. The van der Waals surface area contributed by atoms with Crippen LogP contribution >= 0.6 is 0 Å². The minimum atomic E-state index is -0.920. The van der Waals surface area contributed by atoms with Gasteiger partial charge in [0.1, 0.15) is 11.2 Å². The number of piperidine rings is 1. The highest BCUT2D eigenvalue weighted by atomic mass is 16.6. The molecule has 0 aromatic rings. The van der Waals surface area contributed by atoms with Gasteiger partial charge in [-0.05, 0) is 54.4 Å². The van der Waals surface area contributed by atoms with Crippen molar-refractivity contribution in [2.45, 2.75) is 71.1 Å². The standard InChI is InChI=1S/C18H30N2O6/c1-16(2,3)25-14(23)19-10-18(11-19)8-7-12(13(21)22)9-20(18)15(24)26-17(4,5)6/h12H,7-11H2,1-6H3,(H,21,22). The van der Waals surface area contributed by atoms with Gasteiger partial charge in [-0.3, -0.25) is 9.69 Å². The second kappa shape index (κ2) is 6.63. The third kappa shape index (κ3) is 4.59. The minimum absolute atomic E-state index is 0.0897. The van der Waals surface area contributed by atoms with E-state index < -0.39 is 40.8 Å². The van der Waals surface area contributed by atoms with Crippen LogP contribution in [-0.4, -0.2) is 69.4 Å². The van der Waals surface area contributed by atoms with Gasteiger partial charge in [-0.1, -0.05) is 0 Å². The van der Waals surface area contributed by atoms with Crippen LogP contribution in [0, 0.1) is 5.92 Å². The summed E-state index contributed by atoms with van der Waals surface area (Å²) in [6, 6.07) is 0. The molecule has 2 rings (SSSR count). The molecule has 0 radical (unpaired) electrons. The number of carboxylic acids is 1. The molecule has 2 heterocycles. The maximum atomic E-state index is 12.7. The Balaban J connectivity index is 2.12. The Morgan fingerprint density at radius 2 is 1.46 bits per heavy atom. The van der Waals surface area contributed by atoms with E-state index >= 15 is 0 Å². The highest BCUT2D eigenvalue weighted by Gasteiger charge is 2.56. The third-order valence-corrected chi connectivity index (χ3v) is 4.52.